The van der Waals surface area contributed by atoms with E-state index < -0.39 is 0 Å². The second-order valence-corrected chi connectivity index (χ2v) is 7.37. The van der Waals surface area contributed by atoms with Crippen molar-refractivity contribution in [1.29, 1.82) is 0 Å². The van der Waals surface area contributed by atoms with Crippen LogP contribution in [0.1, 0.15) is 5.69 Å². The maximum atomic E-state index is 13.6. The highest BCUT2D eigenvalue weighted by molar-refractivity contribution is 9.10. The Morgan fingerprint density at radius 1 is 1.00 bits per heavy atom. The maximum Gasteiger partial charge on any atom is 0.266 e. The number of rotatable bonds is 3. The van der Waals surface area contributed by atoms with E-state index in [1.807, 2.05) is 67.6 Å². The van der Waals surface area contributed by atoms with Gasteiger partial charge in [0.1, 0.15) is 11.4 Å². The molecule has 0 bridgehead atoms. The van der Waals surface area contributed by atoms with E-state index in [-0.39, 0.29) is 5.56 Å². The molecule has 2 aromatic heterocycles. The molecule has 5 nitrogen and oxygen atoms in total. The molecule has 4 rings (SSSR count). The summed E-state index contributed by atoms with van der Waals surface area (Å²) in [5.74, 6) is 0.716. The minimum atomic E-state index is -0.212. The molecule has 0 aliphatic heterocycles. The van der Waals surface area contributed by atoms with E-state index in [0.29, 0.717) is 22.6 Å². The number of hydrogen-bond donors (Lipinski definition) is 1. The predicted octanol–water partition coefficient (Wildman–Crippen LogP) is 4.71. The van der Waals surface area contributed by atoms with Gasteiger partial charge in [0.2, 0.25) is 0 Å². The summed E-state index contributed by atoms with van der Waals surface area (Å²) < 4.78 is 7.77. The van der Waals surface area contributed by atoms with E-state index in [1.165, 1.54) is 0 Å². The third kappa shape index (κ3) is 3.05. The van der Waals surface area contributed by atoms with Gasteiger partial charge >= 0.3 is 0 Å². The Kier molecular flexibility index (Phi) is 4.65. The van der Waals surface area contributed by atoms with Crippen LogP contribution in [0.4, 0.5) is 5.69 Å². The van der Waals surface area contributed by atoms with Crippen LogP contribution >= 0.6 is 15.9 Å². The molecule has 4 aromatic rings. The van der Waals surface area contributed by atoms with Crippen LogP contribution in [0.15, 0.2) is 69.9 Å². The molecule has 0 fully saturated rings. The van der Waals surface area contributed by atoms with Crippen LogP contribution in [0.25, 0.3) is 27.8 Å². The number of nitrogens with zero attached hydrogens (tertiary/aromatic N) is 2. The second-order valence-electron chi connectivity index (χ2n) is 6.46. The monoisotopic (exact) mass is 435 g/mol. The number of anilines is 1. The van der Waals surface area contributed by atoms with E-state index in [4.69, 9.17) is 10.5 Å². The highest BCUT2D eigenvalue weighted by Gasteiger charge is 2.18. The summed E-state index contributed by atoms with van der Waals surface area (Å²) in [6.07, 6.45) is 0. The molecule has 0 radical (unpaired) electrons. The van der Waals surface area contributed by atoms with Gasteiger partial charge in [0.15, 0.2) is 0 Å². The predicted molar refractivity (Wildman–Crippen MR) is 116 cm³/mol. The second kappa shape index (κ2) is 7.13. The smallest absolute Gasteiger partial charge is 0.266 e. The van der Waals surface area contributed by atoms with E-state index in [9.17, 15) is 4.79 Å². The lowest BCUT2D eigenvalue weighted by Gasteiger charge is -2.16. The van der Waals surface area contributed by atoms with Gasteiger partial charge in [-0.1, -0.05) is 28.1 Å². The number of hydrogen-bond acceptors (Lipinski definition) is 4. The van der Waals surface area contributed by atoms with Gasteiger partial charge < -0.3 is 10.5 Å². The van der Waals surface area contributed by atoms with Gasteiger partial charge in [0, 0.05) is 15.6 Å². The molecule has 0 saturated heterocycles. The topological polar surface area (TPSA) is 70.1 Å². The molecule has 0 spiro atoms. The molecule has 6 heteroatoms. The minimum absolute atomic E-state index is 0.212. The number of ether oxygens (including phenoxy) is 1. The van der Waals surface area contributed by atoms with Crippen molar-refractivity contribution in [1.82, 2.24) is 9.55 Å². The van der Waals surface area contributed by atoms with Crippen LogP contribution < -0.4 is 16.0 Å². The number of fused-ring (bicyclic) bond motifs is 1. The normalized spacial score (nSPS) is 11.0. The van der Waals surface area contributed by atoms with Crippen molar-refractivity contribution in [2.75, 3.05) is 12.8 Å². The fourth-order valence-electron chi connectivity index (χ4n) is 3.25. The quantitative estimate of drug-likeness (QED) is 0.505. The maximum absolute atomic E-state index is 13.6. The van der Waals surface area contributed by atoms with Crippen LogP contribution in [0, 0.1) is 6.92 Å². The van der Waals surface area contributed by atoms with Gasteiger partial charge in [-0.25, -0.2) is 4.98 Å². The standard InChI is InChI=1S/C22H18BrN3O2/c1-13-3-12-18-20(24)19(14-4-10-17(28-2)11-5-14)22(27)26(21(18)25-13)16-8-6-15(23)7-9-16/h3-12H,24H2,1-2H3. The van der Waals surface area contributed by atoms with Crippen LogP contribution in [0.5, 0.6) is 5.75 Å². The third-order valence-electron chi connectivity index (χ3n) is 4.67. The molecular weight excluding hydrogens is 418 g/mol. The molecule has 2 N–H and O–H groups in total. The van der Waals surface area contributed by atoms with Gasteiger partial charge in [0.25, 0.3) is 5.56 Å². The van der Waals surface area contributed by atoms with Gasteiger partial charge in [0.05, 0.1) is 24.0 Å². The molecule has 2 aromatic carbocycles. The number of aromatic nitrogens is 2. The first-order chi connectivity index (χ1) is 13.5. The van der Waals surface area contributed by atoms with Gasteiger partial charge in [-0.2, -0.15) is 0 Å². The minimum Gasteiger partial charge on any atom is -0.497 e. The van der Waals surface area contributed by atoms with Crippen molar-refractivity contribution in [3.05, 3.63) is 81.2 Å². The molecule has 0 atom stereocenters. The number of halogens is 1. The summed E-state index contributed by atoms with van der Waals surface area (Å²) in [5, 5.41) is 0.735. The molecule has 0 aliphatic rings. The van der Waals surface area contributed by atoms with Crippen molar-refractivity contribution < 1.29 is 4.74 Å². The highest BCUT2D eigenvalue weighted by Crippen LogP contribution is 2.31. The van der Waals surface area contributed by atoms with Crippen molar-refractivity contribution in [2.24, 2.45) is 0 Å². The number of methoxy groups -OCH3 is 1. The first kappa shape index (κ1) is 18.3. The number of nitrogens with two attached hydrogens (primary N) is 1. The Hall–Kier alpha value is -3.12. The zero-order valence-corrected chi connectivity index (χ0v) is 17.0. The molecule has 0 aliphatic carbocycles. The highest BCUT2D eigenvalue weighted by atomic mass is 79.9. The van der Waals surface area contributed by atoms with Gasteiger partial charge in [-0.15, -0.1) is 0 Å². The number of nitrogen functional groups attached to an aromatic ring is 1. The van der Waals surface area contributed by atoms with Crippen molar-refractivity contribution in [3.8, 4) is 22.6 Å². The lowest BCUT2D eigenvalue weighted by atomic mass is 10.0. The average Bonchev–Trinajstić information content (AvgIpc) is 2.70. The summed E-state index contributed by atoms with van der Waals surface area (Å²) >= 11 is 3.44. The van der Waals surface area contributed by atoms with Crippen LogP contribution in [-0.2, 0) is 0 Å². The Bertz CT molecular complexity index is 1230. The van der Waals surface area contributed by atoms with Crippen LogP contribution in [0.3, 0.4) is 0 Å². The summed E-state index contributed by atoms with van der Waals surface area (Å²) in [6.45, 7) is 1.89. The summed E-state index contributed by atoms with van der Waals surface area (Å²) in [7, 11) is 1.61. The Labute approximate surface area is 170 Å². The Balaban J connectivity index is 2.10. The molecule has 0 amide bonds. The van der Waals surface area contributed by atoms with Crippen LogP contribution in [0.2, 0.25) is 0 Å². The fourth-order valence-corrected chi connectivity index (χ4v) is 3.51. The van der Waals surface area contributed by atoms with Gasteiger partial charge in [-0.05, 0) is 61.0 Å². The molecule has 140 valence electrons. The molecular formula is C22H18BrN3O2. The van der Waals surface area contributed by atoms with Crippen molar-refractivity contribution in [3.63, 3.8) is 0 Å². The lowest BCUT2D eigenvalue weighted by molar-refractivity contribution is 0.415. The average molecular weight is 436 g/mol. The van der Waals surface area contributed by atoms with E-state index in [1.54, 1.807) is 11.7 Å². The van der Waals surface area contributed by atoms with Gasteiger partial charge in [-0.3, -0.25) is 9.36 Å². The first-order valence-corrected chi connectivity index (χ1v) is 9.51. The first-order valence-electron chi connectivity index (χ1n) is 8.72. The molecule has 28 heavy (non-hydrogen) atoms. The number of aryl methyl sites for hydroxylation is 1. The number of benzene rings is 2. The lowest BCUT2D eigenvalue weighted by Crippen LogP contribution is -2.23. The van der Waals surface area contributed by atoms with E-state index in [0.717, 1.165) is 26.8 Å². The van der Waals surface area contributed by atoms with Crippen molar-refractivity contribution >= 4 is 32.7 Å². The largest absolute Gasteiger partial charge is 0.497 e. The molecule has 2 heterocycles. The fraction of sp³-hybridized carbons (Fsp3) is 0.0909. The zero-order valence-electron chi connectivity index (χ0n) is 15.4. The van der Waals surface area contributed by atoms with E-state index in [2.05, 4.69) is 20.9 Å². The molecule has 0 saturated carbocycles. The van der Waals surface area contributed by atoms with Crippen molar-refractivity contribution in [2.45, 2.75) is 6.92 Å². The SMILES string of the molecule is COc1ccc(-c2c(N)c3ccc(C)nc3n(-c3ccc(Br)cc3)c2=O)cc1. The van der Waals surface area contributed by atoms with E-state index >= 15 is 0 Å². The summed E-state index contributed by atoms with van der Waals surface area (Å²) in [6, 6.07) is 18.7. The third-order valence-corrected chi connectivity index (χ3v) is 5.19. The molecule has 0 unspecified atom stereocenters. The summed E-state index contributed by atoms with van der Waals surface area (Å²) in [4.78, 5) is 18.2. The zero-order chi connectivity index (χ0) is 19.8. The number of pyridine rings is 2. The Morgan fingerprint density at radius 3 is 2.32 bits per heavy atom. The summed E-state index contributed by atoms with van der Waals surface area (Å²) in [5.41, 5.74) is 9.93. The Morgan fingerprint density at radius 2 is 1.68 bits per heavy atom. The van der Waals surface area contributed by atoms with Crippen LogP contribution in [-0.4, -0.2) is 16.7 Å².